The summed E-state index contributed by atoms with van der Waals surface area (Å²) in [5.74, 6) is -0.875. The molecule has 7 heteroatoms. The number of rotatable bonds is 2. The zero-order chi connectivity index (χ0) is 20.6. The van der Waals surface area contributed by atoms with Crippen molar-refractivity contribution >= 4 is 35.0 Å². The molecule has 148 valence electrons. The highest BCUT2D eigenvalue weighted by Crippen LogP contribution is 2.35. The number of nitrogens with zero attached hydrogens (tertiary/aromatic N) is 2. The number of anilines is 2. The summed E-state index contributed by atoms with van der Waals surface area (Å²) in [6.07, 6.45) is -0.214. The molecule has 5 nitrogen and oxygen atoms in total. The van der Waals surface area contributed by atoms with Crippen LogP contribution in [0.25, 0.3) is 0 Å². The summed E-state index contributed by atoms with van der Waals surface area (Å²) in [6.45, 7) is 5.32. The molecule has 2 aromatic rings. The molecule has 1 atom stereocenters. The second kappa shape index (κ2) is 7.43. The van der Waals surface area contributed by atoms with E-state index in [2.05, 4.69) is 0 Å². The summed E-state index contributed by atoms with van der Waals surface area (Å²) in [6, 6.07) is 10.6. The lowest BCUT2D eigenvalue weighted by atomic mass is 10.1. The van der Waals surface area contributed by atoms with E-state index >= 15 is 0 Å². The number of ether oxygens (including phenoxy) is 1. The van der Waals surface area contributed by atoms with Gasteiger partial charge in [-0.1, -0.05) is 29.8 Å². The Morgan fingerprint density at radius 2 is 1.89 bits per heavy atom. The largest absolute Gasteiger partial charge is 0.443 e. The van der Waals surface area contributed by atoms with E-state index in [1.54, 1.807) is 33.9 Å². The first-order valence-electron chi connectivity index (χ1n) is 8.91. The Morgan fingerprint density at radius 1 is 1.21 bits per heavy atom. The zero-order valence-electron chi connectivity index (χ0n) is 16.2. The molecule has 3 rings (SSSR count). The molecule has 1 heterocycles. The summed E-state index contributed by atoms with van der Waals surface area (Å²) in [5.41, 5.74) is 1.29. The van der Waals surface area contributed by atoms with Crippen molar-refractivity contribution in [2.45, 2.75) is 38.8 Å². The monoisotopic (exact) mass is 404 g/mol. The lowest BCUT2D eigenvalue weighted by Crippen LogP contribution is -2.50. The van der Waals surface area contributed by atoms with Crippen molar-refractivity contribution in [1.82, 2.24) is 0 Å². The molecule has 0 saturated carbocycles. The molecule has 2 aromatic carbocycles. The maximum atomic E-state index is 13.5. The minimum Gasteiger partial charge on any atom is -0.443 e. The number of fused-ring (bicyclic) bond motifs is 1. The van der Waals surface area contributed by atoms with Crippen LogP contribution in [0, 0.1) is 5.82 Å². The lowest BCUT2D eigenvalue weighted by Gasteiger charge is -2.30. The number of benzene rings is 2. The molecule has 1 aliphatic heterocycles. The van der Waals surface area contributed by atoms with Gasteiger partial charge in [0.2, 0.25) is 5.91 Å². The molecule has 2 amide bonds. The first-order valence-corrected chi connectivity index (χ1v) is 9.29. The topological polar surface area (TPSA) is 49.9 Å². The number of amides is 2. The highest BCUT2D eigenvalue weighted by molar-refractivity contribution is 6.31. The van der Waals surface area contributed by atoms with Gasteiger partial charge >= 0.3 is 6.09 Å². The highest BCUT2D eigenvalue weighted by Gasteiger charge is 2.41. The van der Waals surface area contributed by atoms with Gasteiger partial charge in [0, 0.05) is 19.2 Å². The number of para-hydroxylation sites is 1. The van der Waals surface area contributed by atoms with Gasteiger partial charge in [-0.3, -0.25) is 9.69 Å². The maximum absolute atomic E-state index is 13.5. The molecule has 0 aliphatic carbocycles. The molecule has 0 radical (unpaired) electrons. The Hall–Kier alpha value is -2.60. The number of carbonyl (C=O) groups is 2. The van der Waals surface area contributed by atoms with E-state index < -0.39 is 23.6 Å². The standard InChI is InChI=1S/C21H22ClFN2O3/c1-21(2,3)28-20(27)25-17-8-6-5-7-13(17)11-18(25)19(26)24(4)14-9-10-16(23)15(22)12-14/h5-10,12,18H,11H2,1-4H3/t18-/m0/s1. The van der Waals surface area contributed by atoms with Crippen molar-refractivity contribution in [2.24, 2.45) is 0 Å². The molecule has 0 fully saturated rings. The van der Waals surface area contributed by atoms with Gasteiger partial charge in [0.15, 0.2) is 0 Å². The van der Waals surface area contributed by atoms with Crippen LogP contribution in [0.4, 0.5) is 20.6 Å². The van der Waals surface area contributed by atoms with Crippen LogP contribution in [-0.4, -0.2) is 30.7 Å². The van der Waals surface area contributed by atoms with Crippen LogP contribution in [0.2, 0.25) is 5.02 Å². The fraction of sp³-hybridized carbons (Fsp3) is 0.333. The van der Waals surface area contributed by atoms with Crippen LogP contribution in [0.15, 0.2) is 42.5 Å². The average molecular weight is 405 g/mol. The predicted octanol–water partition coefficient (Wildman–Crippen LogP) is 4.81. The molecule has 0 spiro atoms. The van der Waals surface area contributed by atoms with E-state index in [0.29, 0.717) is 17.8 Å². The zero-order valence-corrected chi connectivity index (χ0v) is 17.0. The fourth-order valence-corrected chi connectivity index (χ4v) is 3.34. The second-order valence-electron chi connectivity index (χ2n) is 7.69. The molecule has 28 heavy (non-hydrogen) atoms. The number of carbonyl (C=O) groups excluding carboxylic acids is 2. The minimum atomic E-state index is -0.763. The van der Waals surface area contributed by atoms with Gasteiger partial charge in [0.25, 0.3) is 0 Å². The smallest absolute Gasteiger partial charge is 0.415 e. The molecule has 0 N–H and O–H groups in total. The first kappa shape index (κ1) is 20.1. The molecule has 0 bridgehead atoms. The van der Waals surface area contributed by atoms with Crippen LogP contribution in [0.3, 0.4) is 0 Å². The molecule has 0 unspecified atom stereocenters. The van der Waals surface area contributed by atoms with Gasteiger partial charge in [-0.05, 0) is 50.6 Å². The molecule has 0 aromatic heterocycles. The normalized spacial score (nSPS) is 15.9. The average Bonchev–Trinajstić information content (AvgIpc) is 3.01. The van der Waals surface area contributed by atoms with E-state index in [1.807, 2.05) is 18.2 Å². The van der Waals surface area contributed by atoms with Gasteiger partial charge in [-0.25, -0.2) is 9.18 Å². The number of hydrogen-bond acceptors (Lipinski definition) is 3. The van der Waals surface area contributed by atoms with E-state index in [-0.39, 0.29) is 10.9 Å². The van der Waals surface area contributed by atoms with Gasteiger partial charge in [0.1, 0.15) is 17.5 Å². The summed E-state index contributed by atoms with van der Waals surface area (Å²) < 4.78 is 19.0. The quantitative estimate of drug-likeness (QED) is 0.721. The van der Waals surface area contributed by atoms with Gasteiger partial charge in [-0.2, -0.15) is 0 Å². The Morgan fingerprint density at radius 3 is 2.54 bits per heavy atom. The number of hydrogen-bond donors (Lipinski definition) is 0. The number of halogens is 2. The van der Waals surface area contributed by atoms with Crippen LogP contribution in [0.5, 0.6) is 0 Å². The molecular weight excluding hydrogens is 383 g/mol. The molecule has 0 saturated heterocycles. The van der Waals surface area contributed by atoms with Crippen LogP contribution >= 0.6 is 11.6 Å². The van der Waals surface area contributed by atoms with Gasteiger partial charge in [0.05, 0.1) is 10.7 Å². The Bertz CT molecular complexity index is 926. The second-order valence-corrected chi connectivity index (χ2v) is 8.10. The Labute approximate surface area is 168 Å². The van der Waals surface area contributed by atoms with Crippen molar-refractivity contribution < 1.29 is 18.7 Å². The number of likely N-dealkylation sites (N-methyl/N-ethyl adjacent to an activating group) is 1. The summed E-state index contributed by atoms with van der Waals surface area (Å²) in [4.78, 5) is 28.9. The summed E-state index contributed by atoms with van der Waals surface area (Å²) in [5, 5.41) is -0.0733. The lowest BCUT2D eigenvalue weighted by molar-refractivity contribution is -0.119. The van der Waals surface area contributed by atoms with E-state index in [9.17, 15) is 14.0 Å². The van der Waals surface area contributed by atoms with Crippen LogP contribution in [0.1, 0.15) is 26.3 Å². The van der Waals surface area contributed by atoms with E-state index in [0.717, 1.165) is 5.56 Å². The summed E-state index contributed by atoms with van der Waals surface area (Å²) >= 11 is 5.85. The van der Waals surface area contributed by atoms with Crippen LogP contribution in [-0.2, 0) is 16.0 Å². The maximum Gasteiger partial charge on any atom is 0.415 e. The van der Waals surface area contributed by atoms with E-state index in [4.69, 9.17) is 16.3 Å². The van der Waals surface area contributed by atoms with Crippen molar-refractivity contribution in [1.29, 1.82) is 0 Å². The third-order valence-corrected chi connectivity index (χ3v) is 4.76. The fourth-order valence-electron chi connectivity index (χ4n) is 3.16. The third kappa shape index (κ3) is 3.97. The Kier molecular flexibility index (Phi) is 5.35. The van der Waals surface area contributed by atoms with Gasteiger partial charge in [-0.15, -0.1) is 0 Å². The summed E-state index contributed by atoms with van der Waals surface area (Å²) in [7, 11) is 1.57. The SMILES string of the molecule is CN(C(=O)[C@@H]1Cc2ccccc2N1C(=O)OC(C)(C)C)c1ccc(F)c(Cl)c1. The van der Waals surface area contributed by atoms with Crippen LogP contribution < -0.4 is 9.80 Å². The van der Waals surface area contributed by atoms with Crippen molar-refractivity contribution in [3.8, 4) is 0 Å². The van der Waals surface area contributed by atoms with Crippen molar-refractivity contribution in [3.05, 3.63) is 58.9 Å². The van der Waals surface area contributed by atoms with E-state index in [1.165, 1.54) is 28.0 Å². The Balaban J connectivity index is 1.93. The minimum absolute atomic E-state index is 0.0733. The highest BCUT2D eigenvalue weighted by atomic mass is 35.5. The third-order valence-electron chi connectivity index (χ3n) is 4.47. The molecule has 1 aliphatic rings. The molecular formula is C21H22ClFN2O3. The van der Waals surface area contributed by atoms with Crippen molar-refractivity contribution in [2.75, 3.05) is 16.8 Å². The van der Waals surface area contributed by atoms with Crippen molar-refractivity contribution in [3.63, 3.8) is 0 Å². The van der Waals surface area contributed by atoms with Gasteiger partial charge < -0.3 is 9.64 Å². The first-order chi connectivity index (χ1) is 13.1. The predicted molar refractivity (Wildman–Crippen MR) is 107 cm³/mol.